The molecule has 0 unspecified atom stereocenters. The van der Waals surface area contributed by atoms with Gasteiger partial charge in [0.05, 0.1) is 25.3 Å². The quantitative estimate of drug-likeness (QED) is 0.577. The van der Waals surface area contributed by atoms with E-state index in [9.17, 15) is 23.6 Å². The molecule has 1 N–H and O–H groups in total. The number of halogens is 1. The van der Waals surface area contributed by atoms with Gasteiger partial charge in [-0.1, -0.05) is 0 Å². The third kappa shape index (κ3) is 4.71. The van der Waals surface area contributed by atoms with Crippen LogP contribution in [0.3, 0.4) is 0 Å². The second-order valence-electron chi connectivity index (χ2n) is 5.37. The van der Waals surface area contributed by atoms with Gasteiger partial charge in [-0.25, -0.2) is 18.8 Å². The van der Waals surface area contributed by atoms with Crippen LogP contribution in [0.2, 0.25) is 0 Å². The van der Waals surface area contributed by atoms with E-state index in [1.165, 1.54) is 26.2 Å². The second kappa shape index (κ2) is 9.09. The molecule has 1 heterocycles. The number of amides is 1. The average molecular weight is 409 g/mol. The lowest BCUT2D eigenvalue weighted by atomic mass is 10.1. The Morgan fingerprint density at radius 3 is 2.18 bits per heavy atom. The first kappa shape index (κ1) is 21.0. The Labute approximate surface area is 163 Å². The molecule has 0 aliphatic rings. The zero-order valence-corrected chi connectivity index (χ0v) is 16.0. The van der Waals surface area contributed by atoms with Gasteiger partial charge in [-0.2, -0.15) is 0 Å². The molecule has 0 radical (unpaired) electrons. The van der Waals surface area contributed by atoms with Crippen LogP contribution in [0.1, 0.15) is 36.0 Å². The highest BCUT2D eigenvalue weighted by molar-refractivity contribution is 7.18. The Morgan fingerprint density at radius 2 is 1.61 bits per heavy atom. The first-order valence-electron chi connectivity index (χ1n) is 7.81. The van der Waals surface area contributed by atoms with Gasteiger partial charge < -0.3 is 19.5 Å². The van der Waals surface area contributed by atoms with Crippen LogP contribution in [-0.2, 0) is 19.0 Å². The Hall–Kier alpha value is -3.27. The number of benzene rings is 1. The summed E-state index contributed by atoms with van der Waals surface area (Å²) in [7, 11) is 2.35. The number of nitrogens with one attached hydrogen (secondary N) is 1. The molecule has 0 bridgehead atoms. The van der Waals surface area contributed by atoms with Gasteiger partial charge in [-0.3, -0.25) is 4.79 Å². The third-order valence-corrected chi connectivity index (χ3v) is 4.76. The summed E-state index contributed by atoms with van der Waals surface area (Å²) in [6.45, 7) is 0.862. The number of rotatable bonds is 6. The van der Waals surface area contributed by atoms with Crippen LogP contribution in [0.5, 0.6) is 0 Å². The Balaban J connectivity index is 2.12. The number of esters is 3. The molecule has 0 atom stereocenters. The molecule has 1 aromatic carbocycles. The van der Waals surface area contributed by atoms with E-state index in [4.69, 9.17) is 4.74 Å². The van der Waals surface area contributed by atoms with Gasteiger partial charge in [-0.05, 0) is 36.8 Å². The molecule has 0 fully saturated rings. The molecule has 0 spiro atoms. The van der Waals surface area contributed by atoms with Crippen LogP contribution >= 0.6 is 11.3 Å². The van der Waals surface area contributed by atoms with Gasteiger partial charge in [-0.15, -0.1) is 11.3 Å². The van der Waals surface area contributed by atoms with Crippen molar-refractivity contribution in [3.8, 4) is 0 Å². The predicted molar refractivity (Wildman–Crippen MR) is 97.0 cm³/mol. The van der Waals surface area contributed by atoms with E-state index >= 15 is 0 Å². The maximum atomic E-state index is 12.9. The summed E-state index contributed by atoms with van der Waals surface area (Å²) in [6.07, 6.45) is 0. The standard InChI is InChI=1S/C18H16FNO7S/c1-9-13(17(23)25-2)15(28-14(9)18(24)26-3)20-12(21)8-27-16(22)10-4-6-11(19)7-5-10/h4-7H,8H2,1-3H3,(H,20,21). The fourth-order valence-corrected chi connectivity index (χ4v) is 3.33. The van der Waals surface area contributed by atoms with Crippen LogP contribution in [-0.4, -0.2) is 44.6 Å². The van der Waals surface area contributed by atoms with E-state index in [1.54, 1.807) is 0 Å². The van der Waals surface area contributed by atoms with Crippen LogP contribution < -0.4 is 5.32 Å². The maximum absolute atomic E-state index is 12.9. The number of ether oxygens (including phenoxy) is 3. The zero-order valence-electron chi connectivity index (χ0n) is 15.2. The van der Waals surface area contributed by atoms with Crippen LogP contribution in [0, 0.1) is 12.7 Å². The molecule has 1 aromatic heterocycles. The summed E-state index contributed by atoms with van der Waals surface area (Å²) in [6, 6.07) is 4.61. The van der Waals surface area contributed by atoms with Crippen molar-refractivity contribution in [2.45, 2.75) is 6.92 Å². The van der Waals surface area contributed by atoms with Crippen molar-refractivity contribution < 1.29 is 37.8 Å². The van der Waals surface area contributed by atoms with Crippen LogP contribution in [0.25, 0.3) is 0 Å². The molecule has 0 aliphatic heterocycles. The van der Waals surface area contributed by atoms with Crippen molar-refractivity contribution >= 4 is 40.2 Å². The van der Waals surface area contributed by atoms with Crippen molar-refractivity contribution in [3.05, 3.63) is 51.7 Å². The lowest BCUT2D eigenvalue weighted by Crippen LogP contribution is -2.21. The van der Waals surface area contributed by atoms with Crippen molar-refractivity contribution in [1.29, 1.82) is 0 Å². The van der Waals surface area contributed by atoms with Crippen molar-refractivity contribution in [1.82, 2.24) is 0 Å². The molecule has 10 heteroatoms. The monoisotopic (exact) mass is 409 g/mol. The van der Waals surface area contributed by atoms with Crippen molar-refractivity contribution in [2.24, 2.45) is 0 Å². The number of methoxy groups -OCH3 is 2. The highest BCUT2D eigenvalue weighted by Crippen LogP contribution is 2.34. The molecule has 2 aromatic rings. The molecule has 0 saturated heterocycles. The third-order valence-electron chi connectivity index (χ3n) is 3.57. The van der Waals surface area contributed by atoms with Gasteiger partial charge in [0.2, 0.25) is 0 Å². The number of carbonyl (C=O) groups is 4. The minimum absolute atomic E-state index is 0.00566. The van der Waals surface area contributed by atoms with E-state index in [0.29, 0.717) is 5.56 Å². The molecular formula is C18H16FNO7S. The number of hydrogen-bond donors (Lipinski definition) is 1. The highest BCUT2D eigenvalue weighted by Gasteiger charge is 2.27. The SMILES string of the molecule is COC(=O)c1sc(NC(=O)COC(=O)c2ccc(F)cc2)c(C(=O)OC)c1C. The van der Waals surface area contributed by atoms with E-state index < -0.39 is 36.2 Å². The number of hydrogen-bond acceptors (Lipinski definition) is 8. The lowest BCUT2D eigenvalue weighted by molar-refractivity contribution is -0.119. The number of thiophene rings is 1. The van der Waals surface area contributed by atoms with E-state index in [0.717, 1.165) is 30.6 Å². The molecule has 148 valence electrons. The first-order valence-corrected chi connectivity index (χ1v) is 8.62. The highest BCUT2D eigenvalue weighted by atomic mass is 32.1. The molecular weight excluding hydrogens is 393 g/mol. The van der Waals surface area contributed by atoms with Crippen molar-refractivity contribution in [3.63, 3.8) is 0 Å². The average Bonchev–Trinajstić information content (AvgIpc) is 3.01. The Kier molecular flexibility index (Phi) is 6.83. The molecule has 8 nitrogen and oxygen atoms in total. The predicted octanol–water partition coefficient (Wildman–Crippen LogP) is 2.56. The summed E-state index contributed by atoms with van der Waals surface area (Å²) in [5.41, 5.74) is 0.373. The lowest BCUT2D eigenvalue weighted by Gasteiger charge is -2.07. The fraction of sp³-hybridized carbons (Fsp3) is 0.222. The smallest absolute Gasteiger partial charge is 0.348 e. The van der Waals surface area contributed by atoms with Gasteiger partial charge in [0, 0.05) is 0 Å². The van der Waals surface area contributed by atoms with Crippen LogP contribution in [0.15, 0.2) is 24.3 Å². The number of carbonyl (C=O) groups excluding carboxylic acids is 4. The van der Waals surface area contributed by atoms with Crippen LogP contribution in [0.4, 0.5) is 9.39 Å². The Morgan fingerprint density at radius 1 is 1.00 bits per heavy atom. The number of anilines is 1. The molecule has 0 saturated carbocycles. The summed E-state index contributed by atoms with van der Waals surface area (Å²) < 4.78 is 27.1. The van der Waals surface area contributed by atoms with Gasteiger partial charge >= 0.3 is 17.9 Å². The van der Waals surface area contributed by atoms with Gasteiger partial charge in [0.1, 0.15) is 15.7 Å². The minimum atomic E-state index is -0.819. The largest absolute Gasteiger partial charge is 0.465 e. The van der Waals surface area contributed by atoms with Gasteiger partial charge in [0.25, 0.3) is 5.91 Å². The van der Waals surface area contributed by atoms with E-state index in [1.807, 2.05) is 0 Å². The first-order chi connectivity index (χ1) is 13.3. The molecule has 2 rings (SSSR count). The summed E-state index contributed by atoms with van der Waals surface area (Å²) in [4.78, 5) is 47.9. The maximum Gasteiger partial charge on any atom is 0.348 e. The normalized spacial score (nSPS) is 10.1. The van der Waals surface area contributed by atoms with Gasteiger partial charge in [0.15, 0.2) is 6.61 Å². The molecule has 1 amide bonds. The Bertz CT molecular complexity index is 921. The van der Waals surface area contributed by atoms with E-state index in [-0.39, 0.29) is 21.0 Å². The molecule has 0 aliphatic carbocycles. The molecule has 28 heavy (non-hydrogen) atoms. The summed E-state index contributed by atoms with van der Waals surface area (Å²) in [5.74, 6) is -3.49. The van der Waals surface area contributed by atoms with Crippen molar-refractivity contribution in [2.75, 3.05) is 26.1 Å². The topological polar surface area (TPSA) is 108 Å². The van der Waals surface area contributed by atoms with E-state index in [2.05, 4.69) is 14.8 Å². The fourth-order valence-electron chi connectivity index (χ4n) is 2.20. The summed E-state index contributed by atoms with van der Waals surface area (Å²) >= 11 is 0.834. The zero-order chi connectivity index (χ0) is 20.8. The minimum Gasteiger partial charge on any atom is -0.465 e. The second-order valence-corrected chi connectivity index (χ2v) is 6.40. The summed E-state index contributed by atoms with van der Waals surface area (Å²) in [5, 5.41) is 2.48.